The van der Waals surface area contributed by atoms with Gasteiger partial charge in [0.05, 0.1) is 41.3 Å². The molecule has 0 spiro atoms. The van der Waals surface area contributed by atoms with E-state index in [-0.39, 0.29) is 23.1 Å². The molecule has 0 aliphatic rings. The second kappa shape index (κ2) is 26.2. The lowest BCUT2D eigenvalue weighted by Gasteiger charge is -2.35. The Morgan fingerprint density at radius 1 is 0.276 bits per heavy atom. The fraction of sp³-hybridized carbons (Fsp3) is 0.235. The third-order valence-electron chi connectivity index (χ3n) is 14.4. The number of benzene rings is 8. The van der Waals surface area contributed by atoms with E-state index in [1.165, 1.54) is 22.3 Å². The number of quaternary nitrogens is 2. The van der Waals surface area contributed by atoms with Gasteiger partial charge in [0.15, 0.2) is 23.1 Å². The number of ketones is 4. The van der Waals surface area contributed by atoms with Crippen molar-refractivity contribution in [2.45, 2.75) is 25.9 Å². The molecule has 8 aromatic carbocycles. The molecule has 8 aromatic rings. The van der Waals surface area contributed by atoms with E-state index >= 15 is 0 Å². The first-order valence-electron chi connectivity index (χ1n) is 26.6. The zero-order chi connectivity index (χ0) is 53.3. The van der Waals surface area contributed by atoms with Crippen LogP contribution in [-0.4, -0.2) is 122 Å². The molecule has 0 heterocycles. The van der Waals surface area contributed by atoms with Crippen LogP contribution in [0.5, 0.6) is 0 Å². The fourth-order valence-electron chi connectivity index (χ4n) is 9.69. The maximum absolute atomic E-state index is 13.3. The monoisotopic (exact) mass is 1010 g/mol. The lowest BCUT2D eigenvalue weighted by Crippen LogP contribution is -2.48. The van der Waals surface area contributed by atoms with Crippen LogP contribution in [0.3, 0.4) is 0 Å². The van der Waals surface area contributed by atoms with E-state index in [4.69, 9.17) is 0 Å². The van der Waals surface area contributed by atoms with Gasteiger partial charge in [-0.2, -0.15) is 0 Å². The zero-order valence-electron chi connectivity index (χ0n) is 44.7. The normalized spacial score (nSPS) is 11.7. The van der Waals surface area contributed by atoms with E-state index in [0.29, 0.717) is 44.5 Å². The van der Waals surface area contributed by atoms with Crippen LogP contribution in [0.15, 0.2) is 218 Å². The van der Waals surface area contributed by atoms with Crippen LogP contribution in [0.25, 0.3) is 0 Å². The first kappa shape index (κ1) is 54.5. The molecule has 76 heavy (non-hydrogen) atoms. The summed E-state index contributed by atoms with van der Waals surface area (Å²) in [7, 11) is 9.12. The van der Waals surface area contributed by atoms with Gasteiger partial charge in [-0.15, -0.1) is 0 Å². The summed E-state index contributed by atoms with van der Waals surface area (Å²) in [5.74, 6) is 0.111. The topological polar surface area (TPSA) is 74.8 Å². The highest BCUT2D eigenvalue weighted by molar-refractivity contribution is 6.10. The maximum atomic E-state index is 13.3. The standard InChI is InChI=1S/C68H72N4O4/c1-71(2,51-55-29-37-63(38-30-55)67(75)59-21-13-7-14-22-59)49-47-69(43-41-53-25-33-61(34-26-53)65(73)57-17-9-5-10-18-57)45-46-70(44-42-54-27-35-62(36-28-54)66(74)58-19-11-6-12-20-58)48-50-72(3,4)52-56-31-39-64(40-32-56)68(76)60-23-15-8-16-24-60/h5-40H,41-52H2,1-4H3/q+2. The molecular formula is C68H72N4O4+2. The third kappa shape index (κ3) is 15.9. The Kier molecular flexibility index (Phi) is 18.8. The van der Waals surface area contributed by atoms with E-state index in [1.54, 1.807) is 0 Å². The molecule has 0 amide bonds. The van der Waals surface area contributed by atoms with E-state index in [2.05, 4.69) is 86.5 Å². The van der Waals surface area contributed by atoms with Crippen molar-refractivity contribution in [1.82, 2.24) is 9.80 Å². The second-order valence-corrected chi connectivity index (χ2v) is 21.4. The lowest BCUT2D eigenvalue weighted by atomic mass is 10.0. The molecular weight excluding hydrogens is 937 g/mol. The van der Waals surface area contributed by atoms with Crippen molar-refractivity contribution in [3.05, 3.63) is 285 Å². The van der Waals surface area contributed by atoms with Crippen molar-refractivity contribution in [2.24, 2.45) is 0 Å². The van der Waals surface area contributed by atoms with Crippen molar-refractivity contribution < 1.29 is 28.1 Å². The highest BCUT2D eigenvalue weighted by Gasteiger charge is 2.23. The van der Waals surface area contributed by atoms with Crippen molar-refractivity contribution in [2.75, 3.05) is 80.5 Å². The van der Waals surface area contributed by atoms with E-state index in [1.807, 2.05) is 170 Å². The number of carbonyl (C=O) groups is 4. The molecule has 0 atom stereocenters. The molecule has 0 aliphatic heterocycles. The largest absolute Gasteiger partial charge is 0.324 e. The Bertz CT molecular complexity index is 2910. The number of hydrogen-bond acceptors (Lipinski definition) is 6. The van der Waals surface area contributed by atoms with Gasteiger partial charge in [0.25, 0.3) is 0 Å². The van der Waals surface area contributed by atoms with Gasteiger partial charge in [-0.3, -0.25) is 29.0 Å². The molecule has 8 nitrogen and oxygen atoms in total. The van der Waals surface area contributed by atoms with Crippen LogP contribution in [0.1, 0.15) is 85.9 Å². The minimum atomic E-state index is 0.0259. The lowest BCUT2D eigenvalue weighted by molar-refractivity contribution is -0.903. The molecule has 0 saturated carbocycles. The number of likely N-dealkylation sites (N-methyl/N-ethyl adjacent to an activating group) is 2. The van der Waals surface area contributed by atoms with Gasteiger partial charge >= 0.3 is 0 Å². The zero-order valence-corrected chi connectivity index (χ0v) is 44.7. The molecule has 0 aromatic heterocycles. The van der Waals surface area contributed by atoms with Crippen LogP contribution in [0, 0.1) is 0 Å². The van der Waals surface area contributed by atoms with Crippen LogP contribution in [0.2, 0.25) is 0 Å². The number of hydrogen-bond donors (Lipinski definition) is 0. The Balaban J connectivity index is 0.963. The quantitative estimate of drug-likeness (QED) is 0.0377. The number of nitrogens with zero attached hydrogens (tertiary/aromatic N) is 4. The highest BCUT2D eigenvalue weighted by Crippen LogP contribution is 2.19. The molecule has 8 rings (SSSR count). The third-order valence-corrected chi connectivity index (χ3v) is 14.4. The van der Waals surface area contributed by atoms with Gasteiger partial charge in [0.2, 0.25) is 0 Å². The van der Waals surface area contributed by atoms with Crippen molar-refractivity contribution in [3.8, 4) is 0 Å². The van der Waals surface area contributed by atoms with E-state index in [9.17, 15) is 19.2 Å². The summed E-state index contributed by atoms with van der Waals surface area (Å²) in [5, 5.41) is 0. The summed E-state index contributed by atoms with van der Waals surface area (Å²) in [6, 6.07) is 70.1. The summed E-state index contributed by atoms with van der Waals surface area (Å²) in [4.78, 5) is 58.1. The molecule has 386 valence electrons. The molecule has 0 fully saturated rings. The predicted octanol–water partition coefficient (Wildman–Crippen LogP) is 11.6. The maximum Gasteiger partial charge on any atom is 0.193 e. The van der Waals surface area contributed by atoms with E-state index < -0.39 is 0 Å². The SMILES string of the molecule is C[N+](C)(CCN(CCc1ccc(C(=O)c2ccccc2)cc1)CCN(CCc1ccc(C(=O)c2ccccc2)cc1)CC[N+](C)(C)Cc1ccc(C(=O)c2ccccc2)cc1)Cc1ccc(C(=O)c2ccccc2)cc1. The Labute approximate surface area is 450 Å². The Morgan fingerprint density at radius 3 is 0.750 bits per heavy atom. The summed E-state index contributed by atoms with van der Waals surface area (Å²) in [6.07, 6.45) is 1.69. The molecule has 0 aliphatic carbocycles. The molecule has 0 unspecified atom stereocenters. The van der Waals surface area contributed by atoms with Crippen LogP contribution in [0.4, 0.5) is 0 Å². The van der Waals surface area contributed by atoms with Gasteiger partial charge in [-0.1, -0.05) is 218 Å². The molecule has 0 N–H and O–H groups in total. The highest BCUT2D eigenvalue weighted by atomic mass is 16.1. The van der Waals surface area contributed by atoms with Crippen molar-refractivity contribution in [3.63, 3.8) is 0 Å². The van der Waals surface area contributed by atoms with Gasteiger partial charge in [-0.05, 0) is 24.0 Å². The summed E-state index contributed by atoms with van der Waals surface area (Å²) in [5.41, 5.74) is 10.3. The van der Waals surface area contributed by atoms with Gasteiger partial charge in [-0.25, -0.2) is 0 Å². The number of carbonyl (C=O) groups excluding carboxylic acids is 4. The Hall–Kier alpha value is -7.72. The van der Waals surface area contributed by atoms with Gasteiger partial charge in [0, 0.05) is 94.9 Å². The summed E-state index contributed by atoms with van der Waals surface area (Å²) < 4.78 is 1.55. The Morgan fingerprint density at radius 2 is 0.500 bits per heavy atom. The summed E-state index contributed by atoms with van der Waals surface area (Å²) >= 11 is 0. The van der Waals surface area contributed by atoms with Gasteiger partial charge < -0.3 is 8.97 Å². The average molecular weight is 1010 g/mol. The van der Waals surface area contributed by atoms with Crippen LogP contribution < -0.4 is 0 Å². The smallest absolute Gasteiger partial charge is 0.193 e. The van der Waals surface area contributed by atoms with E-state index in [0.717, 1.165) is 87.3 Å². The number of rotatable bonds is 27. The molecule has 0 saturated heterocycles. The molecule has 0 radical (unpaired) electrons. The molecule has 0 bridgehead atoms. The van der Waals surface area contributed by atoms with Crippen molar-refractivity contribution in [1.29, 1.82) is 0 Å². The fourth-order valence-corrected chi connectivity index (χ4v) is 9.69. The van der Waals surface area contributed by atoms with Crippen LogP contribution in [-0.2, 0) is 25.9 Å². The second-order valence-electron chi connectivity index (χ2n) is 21.4. The minimum Gasteiger partial charge on any atom is -0.324 e. The first-order valence-corrected chi connectivity index (χ1v) is 26.6. The predicted molar refractivity (Wildman–Crippen MR) is 307 cm³/mol. The average Bonchev–Trinajstić information content (AvgIpc) is 3.46. The molecule has 8 heteroatoms. The van der Waals surface area contributed by atoms with Gasteiger partial charge in [0.1, 0.15) is 13.1 Å². The summed E-state index contributed by atoms with van der Waals surface area (Å²) in [6.45, 7) is 8.72. The minimum absolute atomic E-state index is 0.0259. The first-order chi connectivity index (χ1) is 36.8. The van der Waals surface area contributed by atoms with Crippen LogP contribution >= 0.6 is 0 Å². The van der Waals surface area contributed by atoms with Crippen molar-refractivity contribution >= 4 is 23.1 Å².